The molecule has 2 aromatic rings. The van der Waals surface area contributed by atoms with Gasteiger partial charge in [-0.05, 0) is 49.9 Å². The molecular weight excluding hydrogens is 372 g/mol. The monoisotopic (exact) mass is 398 g/mol. The predicted molar refractivity (Wildman–Crippen MR) is 113 cm³/mol. The standard InChI is InChI=1S/C22H26N2O3S/c1-22(2)24(18(14-27-22)15-8-6-5-7-9-15)19-20(25)23(21(19)28-4)16-10-12-17(26-3)13-11-16/h5-13,18-19,21H,14H2,1-4H3/t18-,19-,21-/m0/s1. The minimum atomic E-state index is -0.499. The maximum absolute atomic E-state index is 13.3. The van der Waals surface area contributed by atoms with Crippen molar-refractivity contribution in [2.45, 2.75) is 37.0 Å². The Kier molecular flexibility index (Phi) is 5.12. The molecule has 1 amide bonds. The number of hydrogen-bond donors (Lipinski definition) is 0. The van der Waals surface area contributed by atoms with E-state index >= 15 is 0 Å². The van der Waals surface area contributed by atoms with Crippen molar-refractivity contribution in [3.05, 3.63) is 60.2 Å². The molecule has 28 heavy (non-hydrogen) atoms. The molecule has 0 spiro atoms. The lowest BCUT2D eigenvalue weighted by Crippen LogP contribution is -2.72. The normalized spacial score (nSPS) is 26.9. The van der Waals surface area contributed by atoms with Gasteiger partial charge in [-0.3, -0.25) is 14.6 Å². The fraction of sp³-hybridized carbons (Fsp3) is 0.409. The number of nitrogens with zero attached hydrogens (tertiary/aromatic N) is 2. The molecule has 0 N–H and O–H groups in total. The second-order valence-electron chi connectivity index (χ2n) is 7.57. The zero-order valence-corrected chi connectivity index (χ0v) is 17.5. The van der Waals surface area contributed by atoms with Crippen LogP contribution in [0.3, 0.4) is 0 Å². The van der Waals surface area contributed by atoms with Crippen LogP contribution in [0.25, 0.3) is 0 Å². The highest BCUT2D eigenvalue weighted by atomic mass is 32.2. The van der Waals surface area contributed by atoms with Crippen molar-refractivity contribution in [3.63, 3.8) is 0 Å². The Hall–Kier alpha value is -2.02. The summed E-state index contributed by atoms with van der Waals surface area (Å²) in [6, 6.07) is 17.8. The first-order valence-electron chi connectivity index (χ1n) is 9.45. The van der Waals surface area contributed by atoms with Gasteiger partial charge in [-0.15, -0.1) is 11.8 Å². The van der Waals surface area contributed by atoms with Crippen LogP contribution < -0.4 is 9.64 Å². The molecule has 0 unspecified atom stereocenters. The second kappa shape index (κ2) is 7.43. The van der Waals surface area contributed by atoms with E-state index in [-0.39, 0.29) is 23.4 Å². The molecule has 4 rings (SSSR count). The number of benzene rings is 2. The molecule has 2 aliphatic heterocycles. The molecule has 0 radical (unpaired) electrons. The van der Waals surface area contributed by atoms with Crippen LogP contribution in [0.5, 0.6) is 5.75 Å². The third kappa shape index (κ3) is 3.09. The van der Waals surface area contributed by atoms with Crippen molar-refractivity contribution < 1.29 is 14.3 Å². The molecule has 2 saturated heterocycles. The Balaban J connectivity index is 1.64. The maximum atomic E-state index is 13.3. The molecule has 3 atom stereocenters. The lowest BCUT2D eigenvalue weighted by Gasteiger charge is -2.53. The number of amides is 1. The summed E-state index contributed by atoms with van der Waals surface area (Å²) in [6.45, 7) is 4.69. The number of β-lactam (4-membered cyclic amide) rings is 1. The molecule has 2 aromatic carbocycles. The van der Waals surface area contributed by atoms with Gasteiger partial charge in [-0.2, -0.15) is 0 Å². The number of hydrogen-bond acceptors (Lipinski definition) is 5. The summed E-state index contributed by atoms with van der Waals surface area (Å²) in [5.41, 5.74) is 1.58. The Morgan fingerprint density at radius 1 is 1.11 bits per heavy atom. The van der Waals surface area contributed by atoms with E-state index in [1.54, 1.807) is 18.9 Å². The highest BCUT2D eigenvalue weighted by molar-refractivity contribution is 7.99. The van der Waals surface area contributed by atoms with Crippen molar-refractivity contribution in [2.24, 2.45) is 0 Å². The summed E-state index contributed by atoms with van der Waals surface area (Å²) in [7, 11) is 1.64. The molecule has 5 nitrogen and oxygen atoms in total. The van der Waals surface area contributed by atoms with Crippen LogP contribution in [-0.2, 0) is 9.53 Å². The number of ether oxygens (including phenoxy) is 2. The fourth-order valence-electron chi connectivity index (χ4n) is 4.23. The lowest BCUT2D eigenvalue weighted by atomic mass is 9.96. The minimum absolute atomic E-state index is 0.0353. The van der Waals surface area contributed by atoms with E-state index in [0.717, 1.165) is 11.4 Å². The van der Waals surface area contributed by atoms with Gasteiger partial charge >= 0.3 is 0 Å². The number of carbonyl (C=O) groups excluding carboxylic acids is 1. The van der Waals surface area contributed by atoms with E-state index in [2.05, 4.69) is 37.1 Å². The van der Waals surface area contributed by atoms with Crippen molar-refractivity contribution in [3.8, 4) is 5.75 Å². The average Bonchev–Trinajstić information content (AvgIpc) is 3.02. The summed E-state index contributed by atoms with van der Waals surface area (Å²) in [4.78, 5) is 17.5. The average molecular weight is 399 g/mol. The highest BCUT2D eigenvalue weighted by Gasteiger charge is 2.58. The van der Waals surface area contributed by atoms with Crippen molar-refractivity contribution in [1.82, 2.24) is 4.90 Å². The minimum Gasteiger partial charge on any atom is -0.497 e. The van der Waals surface area contributed by atoms with Crippen LogP contribution >= 0.6 is 11.8 Å². The van der Waals surface area contributed by atoms with E-state index in [9.17, 15) is 4.79 Å². The molecule has 2 heterocycles. The van der Waals surface area contributed by atoms with Gasteiger partial charge in [-0.1, -0.05) is 30.3 Å². The largest absolute Gasteiger partial charge is 0.497 e. The topological polar surface area (TPSA) is 42.0 Å². The van der Waals surface area contributed by atoms with Crippen LogP contribution in [0.4, 0.5) is 5.69 Å². The number of anilines is 1. The van der Waals surface area contributed by atoms with Gasteiger partial charge in [0.25, 0.3) is 0 Å². The van der Waals surface area contributed by atoms with Crippen molar-refractivity contribution in [1.29, 1.82) is 0 Å². The third-order valence-electron chi connectivity index (χ3n) is 5.64. The molecule has 2 fully saturated rings. The Labute approximate surface area is 170 Å². The van der Waals surface area contributed by atoms with E-state index in [1.165, 1.54) is 5.56 Å². The van der Waals surface area contributed by atoms with Gasteiger partial charge in [0.05, 0.1) is 19.8 Å². The maximum Gasteiger partial charge on any atom is 0.248 e. The molecule has 2 aliphatic rings. The summed E-state index contributed by atoms with van der Waals surface area (Å²) < 4.78 is 11.4. The highest BCUT2D eigenvalue weighted by Crippen LogP contribution is 2.46. The first-order chi connectivity index (χ1) is 13.5. The lowest BCUT2D eigenvalue weighted by molar-refractivity contribution is -0.141. The fourth-order valence-corrected chi connectivity index (χ4v) is 5.17. The van der Waals surface area contributed by atoms with Gasteiger partial charge < -0.3 is 9.47 Å². The summed E-state index contributed by atoms with van der Waals surface area (Å²) in [5, 5.41) is 0.0353. The second-order valence-corrected chi connectivity index (χ2v) is 8.52. The third-order valence-corrected chi connectivity index (χ3v) is 6.59. The predicted octanol–water partition coefficient (Wildman–Crippen LogP) is 3.91. The summed E-state index contributed by atoms with van der Waals surface area (Å²) >= 11 is 1.70. The van der Waals surface area contributed by atoms with E-state index < -0.39 is 5.72 Å². The molecule has 0 aliphatic carbocycles. The molecule has 0 aromatic heterocycles. The molecule has 0 saturated carbocycles. The van der Waals surface area contributed by atoms with Crippen LogP contribution in [0.2, 0.25) is 0 Å². The number of rotatable bonds is 5. The summed E-state index contributed by atoms with van der Waals surface area (Å²) in [5.74, 6) is 0.899. The molecular formula is C22H26N2O3S. The van der Waals surface area contributed by atoms with Crippen LogP contribution in [0.15, 0.2) is 54.6 Å². The smallest absolute Gasteiger partial charge is 0.248 e. The van der Waals surface area contributed by atoms with Crippen molar-refractivity contribution >= 4 is 23.4 Å². The first kappa shape index (κ1) is 19.3. The van der Waals surface area contributed by atoms with Gasteiger partial charge in [-0.25, -0.2) is 0 Å². The Morgan fingerprint density at radius 2 is 1.79 bits per heavy atom. The van der Waals surface area contributed by atoms with Gasteiger partial charge in [0, 0.05) is 5.69 Å². The van der Waals surface area contributed by atoms with E-state index in [4.69, 9.17) is 9.47 Å². The van der Waals surface area contributed by atoms with Crippen molar-refractivity contribution in [2.75, 3.05) is 24.9 Å². The van der Waals surface area contributed by atoms with E-state index in [0.29, 0.717) is 6.61 Å². The van der Waals surface area contributed by atoms with Gasteiger partial charge in [0.15, 0.2) is 0 Å². The van der Waals surface area contributed by atoms with E-state index in [1.807, 2.05) is 47.4 Å². The Morgan fingerprint density at radius 3 is 2.39 bits per heavy atom. The number of methoxy groups -OCH3 is 1. The first-order valence-corrected chi connectivity index (χ1v) is 10.7. The molecule has 0 bridgehead atoms. The number of carbonyl (C=O) groups is 1. The number of thioether (sulfide) groups is 1. The quantitative estimate of drug-likeness (QED) is 0.715. The molecule has 6 heteroatoms. The molecule has 148 valence electrons. The summed E-state index contributed by atoms with van der Waals surface area (Å²) in [6.07, 6.45) is 2.06. The van der Waals surface area contributed by atoms with Gasteiger partial charge in [0.1, 0.15) is 22.9 Å². The van der Waals surface area contributed by atoms with Gasteiger partial charge in [0.2, 0.25) is 5.91 Å². The SMILES string of the molecule is COc1ccc(N2C(=O)[C@H](N3[C@H](c4ccccc4)COC3(C)C)[C@@H]2SC)cc1. The van der Waals surface area contributed by atoms with Crippen LogP contribution in [0.1, 0.15) is 25.5 Å². The Bertz CT molecular complexity index is 841. The zero-order chi connectivity index (χ0) is 19.9. The van der Waals surface area contributed by atoms with Crippen LogP contribution in [-0.4, -0.2) is 47.9 Å². The zero-order valence-electron chi connectivity index (χ0n) is 16.7. The van der Waals surface area contributed by atoms with Crippen LogP contribution in [0, 0.1) is 0 Å².